The molecule has 0 spiro atoms. The molecule has 3 aromatic heterocycles. The molecule has 0 radical (unpaired) electrons. The van der Waals surface area contributed by atoms with Crippen molar-refractivity contribution in [2.24, 2.45) is 11.3 Å². The van der Waals surface area contributed by atoms with Crippen LogP contribution in [0.5, 0.6) is 0 Å². The van der Waals surface area contributed by atoms with E-state index in [1.807, 2.05) is 0 Å². The lowest BCUT2D eigenvalue weighted by atomic mass is 9.92. The van der Waals surface area contributed by atoms with Crippen molar-refractivity contribution in [3.8, 4) is 22.8 Å². The van der Waals surface area contributed by atoms with Crippen molar-refractivity contribution in [2.45, 2.75) is 47.5 Å². The van der Waals surface area contributed by atoms with Crippen LogP contribution in [0.1, 0.15) is 46.0 Å². The Balaban J connectivity index is 1.52. The van der Waals surface area contributed by atoms with Crippen molar-refractivity contribution >= 4 is 43.6 Å². The number of fused-ring (bicyclic) bond motifs is 7. The van der Waals surface area contributed by atoms with Gasteiger partial charge in [0, 0.05) is 45.3 Å². The third-order valence-corrected chi connectivity index (χ3v) is 9.03. The molecule has 3 heterocycles. The average molecular weight is 613 g/mol. The molecule has 0 saturated carbocycles. The number of nitrogens with zero attached hydrogens (tertiary/aromatic N) is 4. The smallest absolute Gasteiger partial charge is 0.142 e. The zero-order valence-electron chi connectivity index (χ0n) is 27.8. The minimum Gasteiger partial charge on any atom is -0.307 e. The standard InChI is InChI=1S/C43H40N4/c1-28(2)24-29-14-13-17-31(25-29)46-37-20-11-9-18-32(37)34-22-23-35-33-19-10-12-21-38(33)47(42(35)41(34)46)40-26-36(30-15-7-6-8-16-30)44-39(45-40)27-43(3,4)5/h6-23,25-26,28H,24,27H2,1-5H3. The van der Waals surface area contributed by atoms with Crippen LogP contribution in [-0.2, 0) is 12.8 Å². The average Bonchev–Trinajstić information content (AvgIpc) is 3.57. The summed E-state index contributed by atoms with van der Waals surface area (Å²) in [6.45, 7) is 11.3. The van der Waals surface area contributed by atoms with E-state index in [0.29, 0.717) is 5.92 Å². The van der Waals surface area contributed by atoms with Crippen LogP contribution in [0.15, 0.2) is 121 Å². The second kappa shape index (κ2) is 11.2. The first kappa shape index (κ1) is 29.2. The molecule has 0 aliphatic rings. The fourth-order valence-corrected chi connectivity index (χ4v) is 7.21. The van der Waals surface area contributed by atoms with Crippen LogP contribution in [-0.4, -0.2) is 19.1 Å². The summed E-state index contributed by atoms with van der Waals surface area (Å²) >= 11 is 0. The highest BCUT2D eigenvalue weighted by Crippen LogP contribution is 2.42. The first-order valence-corrected chi connectivity index (χ1v) is 16.7. The molecule has 8 aromatic rings. The van der Waals surface area contributed by atoms with Crippen LogP contribution in [0.3, 0.4) is 0 Å². The molecule has 0 N–H and O–H groups in total. The molecule has 8 rings (SSSR count). The Morgan fingerprint density at radius 1 is 0.596 bits per heavy atom. The van der Waals surface area contributed by atoms with E-state index in [2.05, 4.69) is 165 Å². The van der Waals surface area contributed by atoms with Gasteiger partial charge in [-0.3, -0.25) is 4.57 Å². The third-order valence-electron chi connectivity index (χ3n) is 9.03. The van der Waals surface area contributed by atoms with E-state index in [1.54, 1.807) is 0 Å². The Hall–Kier alpha value is -5.22. The molecule has 4 heteroatoms. The second-order valence-electron chi connectivity index (χ2n) is 14.5. The maximum atomic E-state index is 5.34. The summed E-state index contributed by atoms with van der Waals surface area (Å²) in [6.07, 6.45) is 1.82. The van der Waals surface area contributed by atoms with E-state index in [0.717, 1.165) is 46.8 Å². The number of para-hydroxylation sites is 2. The minimum absolute atomic E-state index is 0.0358. The van der Waals surface area contributed by atoms with E-state index in [1.165, 1.54) is 43.8 Å². The number of rotatable bonds is 6. The van der Waals surface area contributed by atoms with Crippen molar-refractivity contribution in [2.75, 3.05) is 0 Å². The number of aromatic nitrogens is 4. The fourth-order valence-electron chi connectivity index (χ4n) is 7.21. The van der Waals surface area contributed by atoms with Gasteiger partial charge in [-0.1, -0.05) is 126 Å². The van der Waals surface area contributed by atoms with E-state index >= 15 is 0 Å². The first-order valence-electron chi connectivity index (χ1n) is 16.7. The first-order chi connectivity index (χ1) is 22.7. The number of hydrogen-bond donors (Lipinski definition) is 0. The Morgan fingerprint density at radius 2 is 1.21 bits per heavy atom. The molecule has 0 fully saturated rings. The maximum Gasteiger partial charge on any atom is 0.142 e. The lowest BCUT2D eigenvalue weighted by molar-refractivity contribution is 0.400. The topological polar surface area (TPSA) is 35.6 Å². The molecule has 0 saturated heterocycles. The lowest BCUT2D eigenvalue weighted by Gasteiger charge is -2.19. The van der Waals surface area contributed by atoms with E-state index < -0.39 is 0 Å². The highest BCUT2D eigenvalue weighted by molar-refractivity contribution is 6.23. The molecule has 4 nitrogen and oxygen atoms in total. The van der Waals surface area contributed by atoms with Gasteiger partial charge >= 0.3 is 0 Å². The van der Waals surface area contributed by atoms with Crippen molar-refractivity contribution in [1.29, 1.82) is 0 Å². The fraction of sp³-hybridized carbons (Fsp3) is 0.209. The Bertz CT molecular complexity index is 2420. The summed E-state index contributed by atoms with van der Waals surface area (Å²) in [5, 5.41) is 4.91. The van der Waals surface area contributed by atoms with Crippen molar-refractivity contribution in [1.82, 2.24) is 19.1 Å². The van der Waals surface area contributed by atoms with Crippen molar-refractivity contribution < 1.29 is 0 Å². The van der Waals surface area contributed by atoms with Gasteiger partial charge < -0.3 is 4.57 Å². The van der Waals surface area contributed by atoms with Gasteiger partial charge in [0.1, 0.15) is 11.6 Å². The van der Waals surface area contributed by atoms with Gasteiger partial charge in [-0.15, -0.1) is 0 Å². The molecule has 0 amide bonds. The Kier molecular flexibility index (Phi) is 6.98. The predicted molar refractivity (Wildman–Crippen MR) is 198 cm³/mol. The zero-order chi connectivity index (χ0) is 32.3. The Morgan fingerprint density at radius 3 is 1.87 bits per heavy atom. The van der Waals surface area contributed by atoms with Crippen LogP contribution in [0.4, 0.5) is 0 Å². The quantitative estimate of drug-likeness (QED) is 0.187. The van der Waals surface area contributed by atoms with E-state index in [4.69, 9.17) is 9.97 Å². The molecular weight excluding hydrogens is 573 g/mol. The van der Waals surface area contributed by atoms with Crippen molar-refractivity contribution in [3.05, 3.63) is 133 Å². The molecule has 47 heavy (non-hydrogen) atoms. The molecule has 0 unspecified atom stereocenters. The monoisotopic (exact) mass is 612 g/mol. The highest BCUT2D eigenvalue weighted by atomic mass is 15.1. The largest absolute Gasteiger partial charge is 0.307 e. The lowest BCUT2D eigenvalue weighted by Crippen LogP contribution is -2.14. The number of hydrogen-bond acceptors (Lipinski definition) is 2. The summed E-state index contributed by atoms with van der Waals surface area (Å²) in [5.41, 5.74) is 9.30. The van der Waals surface area contributed by atoms with Crippen molar-refractivity contribution in [3.63, 3.8) is 0 Å². The molecule has 5 aromatic carbocycles. The normalized spacial score (nSPS) is 12.3. The van der Waals surface area contributed by atoms with Gasteiger partial charge in [-0.2, -0.15) is 0 Å². The summed E-state index contributed by atoms with van der Waals surface area (Å²) in [5.74, 6) is 2.33. The van der Waals surface area contributed by atoms with Crippen LogP contribution < -0.4 is 0 Å². The second-order valence-corrected chi connectivity index (χ2v) is 14.5. The molecule has 0 aliphatic heterocycles. The zero-order valence-corrected chi connectivity index (χ0v) is 27.8. The minimum atomic E-state index is 0.0358. The third kappa shape index (κ3) is 5.18. The van der Waals surface area contributed by atoms with Gasteiger partial charge in [-0.25, -0.2) is 9.97 Å². The molecular formula is C43H40N4. The summed E-state index contributed by atoms with van der Waals surface area (Å²) < 4.78 is 4.86. The Labute approximate surface area is 276 Å². The molecule has 232 valence electrons. The molecule has 0 atom stereocenters. The summed E-state index contributed by atoms with van der Waals surface area (Å²) in [6, 6.07) is 43.9. The van der Waals surface area contributed by atoms with E-state index in [9.17, 15) is 0 Å². The van der Waals surface area contributed by atoms with Gasteiger partial charge in [0.2, 0.25) is 0 Å². The van der Waals surface area contributed by atoms with Crippen LogP contribution >= 0.6 is 0 Å². The SMILES string of the molecule is CC(C)Cc1cccc(-n2c3ccccc3c3ccc4c5ccccc5n(-c5cc(-c6ccccc6)nc(CC(C)(C)C)n5)c4c32)c1. The predicted octanol–water partition coefficient (Wildman–Crippen LogP) is 11.1. The summed E-state index contributed by atoms with van der Waals surface area (Å²) in [4.78, 5) is 10.5. The molecule has 0 bridgehead atoms. The van der Waals surface area contributed by atoms with Gasteiger partial charge in [0.25, 0.3) is 0 Å². The van der Waals surface area contributed by atoms with Crippen LogP contribution in [0.2, 0.25) is 0 Å². The maximum absolute atomic E-state index is 5.34. The van der Waals surface area contributed by atoms with Crippen LogP contribution in [0, 0.1) is 11.3 Å². The molecule has 0 aliphatic carbocycles. The number of benzene rings is 5. The van der Waals surface area contributed by atoms with Gasteiger partial charge in [0.05, 0.1) is 27.8 Å². The summed E-state index contributed by atoms with van der Waals surface area (Å²) in [7, 11) is 0. The highest BCUT2D eigenvalue weighted by Gasteiger charge is 2.23. The van der Waals surface area contributed by atoms with Crippen LogP contribution in [0.25, 0.3) is 66.4 Å². The van der Waals surface area contributed by atoms with Gasteiger partial charge in [0.15, 0.2) is 0 Å². The van der Waals surface area contributed by atoms with Gasteiger partial charge in [-0.05, 0) is 47.6 Å². The van der Waals surface area contributed by atoms with E-state index in [-0.39, 0.29) is 5.41 Å².